The Bertz CT molecular complexity index is 295. The van der Waals surface area contributed by atoms with Gasteiger partial charge in [-0.1, -0.05) is 0 Å². The SMILES string of the molecule is COCC(C)OCC(O)CC1(C(=O)O)CCOC1C. The van der Waals surface area contributed by atoms with Crippen LogP contribution in [0.4, 0.5) is 0 Å². The van der Waals surface area contributed by atoms with Gasteiger partial charge in [-0.2, -0.15) is 0 Å². The molecule has 0 amide bonds. The predicted molar refractivity (Wildman–Crippen MR) is 68.0 cm³/mol. The van der Waals surface area contributed by atoms with E-state index >= 15 is 0 Å². The van der Waals surface area contributed by atoms with Crippen molar-refractivity contribution in [2.45, 2.75) is 45.0 Å². The Kier molecular flexibility index (Phi) is 6.19. The van der Waals surface area contributed by atoms with Crippen molar-refractivity contribution in [2.75, 3.05) is 26.9 Å². The standard InChI is InChI=1S/C13H24O6/c1-9(7-17-3)19-8-11(14)6-13(12(15)16)4-5-18-10(13)2/h9-11,14H,4-8H2,1-3H3,(H,15,16). The minimum atomic E-state index is -1.01. The summed E-state index contributed by atoms with van der Waals surface area (Å²) >= 11 is 0. The van der Waals surface area contributed by atoms with Crippen molar-refractivity contribution < 1.29 is 29.2 Å². The molecule has 1 heterocycles. The molecule has 0 aliphatic carbocycles. The van der Waals surface area contributed by atoms with E-state index in [2.05, 4.69) is 0 Å². The van der Waals surface area contributed by atoms with Crippen LogP contribution in [-0.4, -0.2) is 61.4 Å². The number of methoxy groups -OCH3 is 1. The molecule has 2 N–H and O–H groups in total. The lowest BCUT2D eigenvalue weighted by Gasteiger charge is -2.29. The van der Waals surface area contributed by atoms with E-state index < -0.39 is 23.6 Å². The molecule has 19 heavy (non-hydrogen) atoms. The lowest BCUT2D eigenvalue weighted by molar-refractivity contribution is -0.155. The fourth-order valence-corrected chi connectivity index (χ4v) is 2.45. The molecule has 0 saturated carbocycles. The average Bonchev–Trinajstić information content (AvgIpc) is 2.70. The number of carboxylic acid groups (broad SMARTS) is 1. The molecule has 0 aromatic heterocycles. The largest absolute Gasteiger partial charge is 0.481 e. The van der Waals surface area contributed by atoms with Crippen LogP contribution in [0, 0.1) is 5.41 Å². The second kappa shape index (κ2) is 7.19. The normalized spacial score (nSPS) is 30.2. The van der Waals surface area contributed by atoms with Crippen LogP contribution >= 0.6 is 0 Å². The molecule has 1 saturated heterocycles. The molecule has 1 fully saturated rings. The van der Waals surface area contributed by atoms with Crippen molar-refractivity contribution >= 4 is 5.97 Å². The van der Waals surface area contributed by atoms with Gasteiger partial charge < -0.3 is 24.4 Å². The number of aliphatic hydroxyl groups excluding tert-OH is 1. The van der Waals surface area contributed by atoms with E-state index in [4.69, 9.17) is 14.2 Å². The fraction of sp³-hybridized carbons (Fsp3) is 0.923. The van der Waals surface area contributed by atoms with Gasteiger partial charge in [0, 0.05) is 13.7 Å². The van der Waals surface area contributed by atoms with Gasteiger partial charge in [-0.25, -0.2) is 0 Å². The number of aliphatic carboxylic acids is 1. The highest BCUT2D eigenvalue weighted by molar-refractivity contribution is 5.75. The summed E-state index contributed by atoms with van der Waals surface area (Å²) in [6, 6.07) is 0. The molecule has 0 bridgehead atoms. The Hall–Kier alpha value is -0.690. The van der Waals surface area contributed by atoms with E-state index in [1.54, 1.807) is 14.0 Å². The molecular formula is C13H24O6. The molecular weight excluding hydrogens is 252 g/mol. The molecule has 0 aromatic rings. The second-order valence-electron chi connectivity index (χ2n) is 5.18. The smallest absolute Gasteiger partial charge is 0.312 e. The summed E-state index contributed by atoms with van der Waals surface area (Å²) in [6.07, 6.45) is -0.773. The van der Waals surface area contributed by atoms with Gasteiger partial charge in [0.05, 0.1) is 36.9 Å². The third-order valence-corrected chi connectivity index (χ3v) is 3.69. The zero-order valence-electron chi connectivity index (χ0n) is 11.8. The molecule has 1 aliphatic rings. The van der Waals surface area contributed by atoms with Gasteiger partial charge >= 0.3 is 5.97 Å². The summed E-state index contributed by atoms with van der Waals surface area (Å²) in [5.74, 6) is -0.915. The summed E-state index contributed by atoms with van der Waals surface area (Å²) in [5.41, 5.74) is -1.01. The summed E-state index contributed by atoms with van der Waals surface area (Å²) in [4.78, 5) is 11.5. The van der Waals surface area contributed by atoms with Gasteiger partial charge in [0.1, 0.15) is 0 Å². The highest BCUT2D eigenvalue weighted by Crippen LogP contribution is 2.39. The molecule has 0 aromatic carbocycles. The van der Waals surface area contributed by atoms with Gasteiger partial charge in [-0.15, -0.1) is 0 Å². The van der Waals surface area contributed by atoms with Crippen LogP contribution in [0.1, 0.15) is 26.7 Å². The van der Waals surface area contributed by atoms with Crippen molar-refractivity contribution in [1.29, 1.82) is 0 Å². The molecule has 1 aliphatic heterocycles. The van der Waals surface area contributed by atoms with Gasteiger partial charge in [0.25, 0.3) is 0 Å². The van der Waals surface area contributed by atoms with Gasteiger partial charge in [-0.05, 0) is 26.7 Å². The summed E-state index contributed by atoms with van der Waals surface area (Å²) in [6.45, 7) is 4.54. The molecule has 1 rings (SSSR count). The Morgan fingerprint density at radius 3 is 2.68 bits per heavy atom. The monoisotopic (exact) mass is 276 g/mol. The maximum Gasteiger partial charge on any atom is 0.312 e. The van der Waals surface area contributed by atoms with Crippen molar-refractivity contribution in [1.82, 2.24) is 0 Å². The Balaban J connectivity index is 2.49. The number of hydrogen-bond acceptors (Lipinski definition) is 5. The Morgan fingerprint density at radius 1 is 1.53 bits per heavy atom. The van der Waals surface area contributed by atoms with Crippen LogP contribution in [0.5, 0.6) is 0 Å². The van der Waals surface area contributed by atoms with Crippen molar-refractivity contribution in [3.05, 3.63) is 0 Å². The molecule has 0 radical (unpaired) electrons. The fourth-order valence-electron chi connectivity index (χ4n) is 2.45. The van der Waals surface area contributed by atoms with Crippen LogP contribution in [0.3, 0.4) is 0 Å². The predicted octanol–water partition coefficient (Wildman–Crippen LogP) is 0.669. The number of hydrogen-bond donors (Lipinski definition) is 2. The Morgan fingerprint density at radius 2 is 2.21 bits per heavy atom. The van der Waals surface area contributed by atoms with E-state index in [0.29, 0.717) is 19.6 Å². The first-order chi connectivity index (χ1) is 8.92. The highest BCUT2D eigenvalue weighted by Gasteiger charge is 2.49. The first kappa shape index (κ1) is 16.4. The van der Waals surface area contributed by atoms with E-state index in [-0.39, 0.29) is 19.1 Å². The van der Waals surface area contributed by atoms with Crippen molar-refractivity contribution in [3.63, 3.8) is 0 Å². The van der Waals surface area contributed by atoms with Gasteiger partial charge in [-0.3, -0.25) is 4.79 Å². The van der Waals surface area contributed by atoms with Crippen LogP contribution in [0.15, 0.2) is 0 Å². The topological polar surface area (TPSA) is 85.2 Å². The molecule has 4 unspecified atom stereocenters. The molecule has 4 atom stereocenters. The van der Waals surface area contributed by atoms with Crippen molar-refractivity contribution in [2.24, 2.45) is 5.41 Å². The summed E-state index contributed by atoms with van der Waals surface area (Å²) < 4.78 is 15.7. The number of carboxylic acids is 1. The van der Waals surface area contributed by atoms with E-state index in [1.165, 1.54) is 0 Å². The zero-order chi connectivity index (χ0) is 14.5. The first-order valence-electron chi connectivity index (χ1n) is 6.56. The number of aliphatic hydroxyl groups is 1. The lowest BCUT2D eigenvalue weighted by Crippen LogP contribution is -2.41. The molecule has 112 valence electrons. The van der Waals surface area contributed by atoms with E-state index in [1.807, 2.05) is 6.92 Å². The molecule has 6 heteroatoms. The minimum Gasteiger partial charge on any atom is -0.481 e. The maximum atomic E-state index is 11.5. The second-order valence-corrected chi connectivity index (χ2v) is 5.18. The van der Waals surface area contributed by atoms with Crippen LogP contribution < -0.4 is 0 Å². The third kappa shape index (κ3) is 4.14. The summed E-state index contributed by atoms with van der Waals surface area (Å²) in [5, 5.41) is 19.4. The van der Waals surface area contributed by atoms with Gasteiger partial charge in [0.15, 0.2) is 0 Å². The molecule has 0 spiro atoms. The molecule has 6 nitrogen and oxygen atoms in total. The number of carbonyl (C=O) groups is 1. The third-order valence-electron chi connectivity index (χ3n) is 3.69. The van der Waals surface area contributed by atoms with E-state index in [0.717, 1.165) is 0 Å². The van der Waals surface area contributed by atoms with E-state index in [9.17, 15) is 15.0 Å². The number of ether oxygens (including phenoxy) is 3. The van der Waals surface area contributed by atoms with Crippen molar-refractivity contribution in [3.8, 4) is 0 Å². The minimum absolute atomic E-state index is 0.103. The highest BCUT2D eigenvalue weighted by atomic mass is 16.5. The zero-order valence-corrected chi connectivity index (χ0v) is 11.8. The van der Waals surface area contributed by atoms with Crippen LogP contribution in [0.25, 0.3) is 0 Å². The number of rotatable bonds is 8. The first-order valence-corrected chi connectivity index (χ1v) is 6.56. The van der Waals surface area contributed by atoms with Gasteiger partial charge in [0.2, 0.25) is 0 Å². The lowest BCUT2D eigenvalue weighted by atomic mass is 9.77. The maximum absolute atomic E-state index is 11.5. The van der Waals surface area contributed by atoms with Crippen LogP contribution in [0.2, 0.25) is 0 Å². The van der Waals surface area contributed by atoms with Crippen LogP contribution in [-0.2, 0) is 19.0 Å². The summed E-state index contributed by atoms with van der Waals surface area (Å²) in [7, 11) is 1.58. The Labute approximate surface area is 113 Å². The average molecular weight is 276 g/mol. The quantitative estimate of drug-likeness (QED) is 0.677.